The summed E-state index contributed by atoms with van der Waals surface area (Å²) in [4.78, 5) is 24.0. The van der Waals surface area contributed by atoms with Crippen molar-refractivity contribution < 1.29 is 37.3 Å². The molecule has 0 spiro atoms. The van der Waals surface area contributed by atoms with E-state index < -0.39 is 29.7 Å². The molecule has 2 aromatic carbocycles. The van der Waals surface area contributed by atoms with E-state index in [-0.39, 0.29) is 18.2 Å². The van der Waals surface area contributed by atoms with Gasteiger partial charge in [-0.3, -0.25) is 4.79 Å². The van der Waals surface area contributed by atoms with Gasteiger partial charge in [-0.25, -0.2) is 4.79 Å². The molecular formula is C24H28F3NO5. The minimum atomic E-state index is -4.42. The van der Waals surface area contributed by atoms with Crippen LogP contribution in [0.3, 0.4) is 0 Å². The Morgan fingerprint density at radius 2 is 1.70 bits per heavy atom. The Kier molecular flexibility index (Phi) is 9.28. The molecule has 0 radical (unpaired) electrons. The van der Waals surface area contributed by atoms with Gasteiger partial charge in [-0.15, -0.1) is 0 Å². The Morgan fingerprint density at radius 1 is 1.06 bits per heavy atom. The number of carbonyl (C=O) groups is 2. The van der Waals surface area contributed by atoms with Crippen molar-refractivity contribution in [3.63, 3.8) is 0 Å². The van der Waals surface area contributed by atoms with Gasteiger partial charge in [0, 0.05) is 6.54 Å². The van der Waals surface area contributed by atoms with Crippen LogP contribution in [0.5, 0.6) is 5.75 Å². The number of ether oxygens (including phenoxy) is 2. The summed E-state index contributed by atoms with van der Waals surface area (Å²) in [5.41, 5.74) is 0.881. The van der Waals surface area contributed by atoms with Crippen molar-refractivity contribution in [2.75, 3.05) is 7.11 Å². The third-order valence-electron chi connectivity index (χ3n) is 4.89. The lowest BCUT2D eigenvalue weighted by molar-refractivity contribution is -0.153. The third-order valence-corrected chi connectivity index (χ3v) is 4.89. The fourth-order valence-electron chi connectivity index (χ4n) is 3.25. The van der Waals surface area contributed by atoms with Crippen molar-refractivity contribution in [2.45, 2.75) is 58.0 Å². The molecule has 0 aromatic heterocycles. The quantitative estimate of drug-likeness (QED) is 0.494. The molecular weight excluding hydrogens is 439 g/mol. The zero-order chi connectivity index (χ0) is 24.6. The van der Waals surface area contributed by atoms with Crippen molar-refractivity contribution in [3.8, 4) is 5.75 Å². The molecule has 0 aliphatic heterocycles. The number of hydrogen-bond donors (Lipinski definition) is 2. The van der Waals surface area contributed by atoms with Crippen molar-refractivity contribution in [1.82, 2.24) is 5.32 Å². The summed E-state index contributed by atoms with van der Waals surface area (Å²) >= 11 is 0. The maximum absolute atomic E-state index is 12.7. The minimum absolute atomic E-state index is 0.0528. The maximum Gasteiger partial charge on any atom is 0.416 e. The van der Waals surface area contributed by atoms with E-state index in [1.54, 1.807) is 32.0 Å². The number of hydrogen-bond acceptors (Lipinski definition) is 4. The van der Waals surface area contributed by atoms with Gasteiger partial charge in [-0.05, 0) is 68.5 Å². The molecule has 33 heavy (non-hydrogen) atoms. The molecule has 1 atom stereocenters. The van der Waals surface area contributed by atoms with Gasteiger partial charge in [0.25, 0.3) is 5.91 Å². The van der Waals surface area contributed by atoms with Crippen molar-refractivity contribution in [3.05, 3.63) is 64.7 Å². The Morgan fingerprint density at radius 3 is 2.24 bits per heavy atom. The van der Waals surface area contributed by atoms with E-state index in [1.807, 2.05) is 0 Å². The molecule has 9 heteroatoms. The van der Waals surface area contributed by atoms with Crippen LogP contribution in [0, 0.1) is 0 Å². The highest BCUT2D eigenvalue weighted by Gasteiger charge is 2.30. The molecule has 0 saturated heterocycles. The van der Waals surface area contributed by atoms with Crippen LogP contribution in [-0.2, 0) is 28.7 Å². The highest BCUT2D eigenvalue weighted by Crippen LogP contribution is 2.29. The number of halogens is 3. The number of amides is 1. The number of methoxy groups -OCH3 is 1. The molecule has 0 saturated carbocycles. The predicted molar refractivity (Wildman–Crippen MR) is 116 cm³/mol. The zero-order valence-electron chi connectivity index (χ0n) is 18.7. The lowest BCUT2D eigenvalue weighted by Gasteiger charge is -2.16. The lowest BCUT2D eigenvalue weighted by Crippen LogP contribution is -2.27. The standard InChI is InChI=1S/C24H28F3NO5/c1-15(2)33-21(23(30)31)6-4-5-16-9-12-20(32-3)19(13-16)22(29)28-14-17-7-10-18(11-8-17)24(25,26)27/h7-13,15,21H,4-6,14H2,1-3H3,(H,28,29)(H,30,31). The first-order valence-electron chi connectivity index (χ1n) is 10.5. The second-order valence-corrected chi connectivity index (χ2v) is 7.82. The minimum Gasteiger partial charge on any atom is -0.496 e. The number of carboxylic acids is 1. The molecule has 6 nitrogen and oxygen atoms in total. The summed E-state index contributed by atoms with van der Waals surface area (Å²) in [5, 5.41) is 12.0. The molecule has 2 rings (SSSR count). The third kappa shape index (κ3) is 8.09. The van der Waals surface area contributed by atoms with E-state index in [2.05, 4.69) is 5.32 Å². The summed E-state index contributed by atoms with van der Waals surface area (Å²) in [6.45, 7) is 3.60. The highest BCUT2D eigenvalue weighted by atomic mass is 19.4. The highest BCUT2D eigenvalue weighted by molar-refractivity contribution is 5.97. The number of rotatable bonds is 11. The van der Waals surface area contributed by atoms with Crippen molar-refractivity contribution in [2.24, 2.45) is 0 Å². The monoisotopic (exact) mass is 467 g/mol. The van der Waals surface area contributed by atoms with Crippen LogP contribution in [0.2, 0.25) is 0 Å². The summed E-state index contributed by atoms with van der Waals surface area (Å²) in [6.07, 6.45) is -4.10. The number of aliphatic carboxylic acids is 1. The van der Waals surface area contributed by atoms with Crippen LogP contribution < -0.4 is 10.1 Å². The predicted octanol–water partition coefficient (Wildman–Crippen LogP) is 4.84. The van der Waals surface area contributed by atoms with Gasteiger partial charge < -0.3 is 19.9 Å². The van der Waals surface area contributed by atoms with Gasteiger partial charge in [-0.1, -0.05) is 18.2 Å². The van der Waals surface area contributed by atoms with Crippen LogP contribution in [0.25, 0.3) is 0 Å². The number of carbonyl (C=O) groups excluding carboxylic acids is 1. The van der Waals surface area contributed by atoms with Crippen LogP contribution in [0.15, 0.2) is 42.5 Å². The van der Waals surface area contributed by atoms with E-state index in [0.717, 1.165) is 17.7 Å². The normalized spacial score (nSPS) is 12.5. The maximum atomic E-state index is 12.7. The number of carboxylic acid groups (broad SMARTS) is 1. The summed E-state index contributed by atoms with van der Waals surface area (Å²) in [5.74, 6) is -1.09. The van der Waals surface area contributed by atoms with Gasteiger partial charge in [0.05, 0.1) is 24.3 Å². The fraction of sp³-hybridized carbons (Fsp3) is 0.417. The Balaban J connectivity index is 2.01. The first kappa shape index (κ1) is 26.2. The van der Waals surface area contributed by atoms with Gasteiger partial charge in [-0.2, -0.15) is 13.2 Å². The van der Waals surface area contributed by atoms with Crippen LogP contribution in [-0.4, -0.2) is 36.3 Å². The van der Waals surface area contributed by atoms with Crippen molar-refractivity contribution >= 4 is 11.9 Å². The summed E-state index contributed by atoms with van der Waals surface area (Å²) in [6, 6.07) is 9.68. The molecule has 2 aromatic rings. The van der Waals surface area contributed by atoms with Gasteiger partial charge in [0.2, 0.25) is 0 Å². The topological polar surface area (TPSA) is 84.9 Å². The summed E-state index contributed by atoms with van der Waals surface area (Å²) in [7, 11) is 1.43. The second kappa shape index (κ2) is 11.7. The van der Waals surface area contributed by atoms with Crippen LogP contribution >= 0.6 is 0 Å². The van der Waals surface area contributed by atoms with Crippen LogP contribution in [0.4, 0.5) is 13.2 Å². The van der Waals surface area contributed by atoms with Gasteiger partial charge >= 0.3 is 12.1 Å². The first-order chi connectivity index (χ1) is 15.5. The van der Waals surface area contributed by atoms with E-state index in [9.17, 15) is 27.9 Å². The molecule has 0 heterocycles. The van der Waals surface area contributed by atoms with Crippen molar-refractivity contribution in [1.29, 1.82) is 0 Å². The molecule has 2 N–H and O–H groups in total. The second-order valence-electron chi connectivity index (χ2n) is 7.82. The molecule has 180 valence electrons. The Labute approximate surface area is 190 Å². The average molecular weight is 467 g/mol. The number of aryl methyl sites for hydroxylation is 1. The number of alkyl halides is 3. The largest absolute Gasteiger partial charge is 0.496 e. The molecule has 1 unspecified atom stereocenters. The SMILES string of the molecule is COc1ccc(CCCC(OC(C)C)C(=O)O)cc1C(=O)NCc1ccc(C(F)(F)F)cc1. The molecule has 0 bridgehead atoms. The number of benzene rings is 2. The fourth-order valence-corrected chi connectivity index (χ4v) is 3.25. The molecule has 0 fully saturated rings. The molecule has 0 aliphatic carbocycles. The average Bonchev–Trinajstić information content (AvgIpc) is 2.76. The number of nitrogens with one attached hydrogen (secondary N) is 1. The first-order valence-corrected chi connectivity index (χ1v) is 10.5. The smallest absolute Gasteiger partial charge is 0.416 e. The van der Waals surface area contributed by atoms with E-state index in [1.165, 1.54) is 19.2 Å². The summed E-state index contributed by atoms with van der Waals surface area (Å²) < 4.78 is 48.7. The van der Waals surface area contributed by atoms with Gasteiger partial charge in [0.1, 0.15) is 5.75 Å². The van der Waals surface area contributed by atoms with Crippen LogP contribution in [0.1, 0.15) is 53.7 Å². The van der Waals surface area contributed by atoms with Gasteiger partial charge in [0.15, 0.2) is 6.10 Å². The van der Waals surface area contributed by atoms with E-state index in [0.29, 0.717) is 30.6 Å². The lowest BCUT2D eigenvalue weighted by atomic mass is 10.0. The Bertz CT molecular complexity index is 942. The molecule has 1 amide bonds. The van der Waals surface area contributed by atoms with E-state index in [4.69, 9.17) is 9.47 Å². The Hall–Kier alpha value is -3.07. The molecule has 0 aliphatic rings. The zero-order valence-corrected chi connectivity index (χ0v) is 18.7. The van der Waals surface area contributed by atoms with E-state index >= 15 is 0 Å².